The van der Waals surface area contributed by atoms with Gasteiger partial charge in [-0.1, -0.05) is 23.7 Å². The molecule has 0 fully saturated rings. The third-order valence-corrected chi connectivity index (χ3v) is 3.56. The first-order chi connectivity index (χ1) is 9.36. The van der Waals surface area contributed by atoms with E-state index in [0.717, 1.165) is 11.6 Å². The fraction of sp³-hybridized carbons (Fsp3) is 0.438. The Morgan fingerprint density at radius 3 is 2.45 bits per heavy atom. The molecule has 0 bridgehead atoms. The van der Waals surface area contributed by atoms with E-state index in [0.29, 0.717) is 0 Å². The van der Waals surface area contributed by atoms with Crippen LogP contribution in [0.2, 0.25) is 5.02 Å². The zero-order valence-corrected chi connectivity index (χ0v) is 13.3. The quantitative estimate of drug-likeness (QED) is 0.917. The molecule has 108 valence electrons. The molecular formula is C16H22ClN3. The van der Waals surface area contributed by atoms with Crippen LogP contribution in [0.4, 0.5) is 0 Å². The normalized spacial score (nSPS) is 13.4. The SMILES string of the molecule is CC(NCc1cnn(C(C)(C)C)c1)c1ccc(Cl)cc1. The number of benzene rings is 1. The molecule has 1 unspecified atom stereocenters. The highest BCUT2D eigenvalue weighted by Crippen LogP contribution is 2.17. The molecule has 0 amide bonds. The van der Waals surface area contributed by atoms with Gasteiger partial charge < -0.3 is 5.32 Å². The first kappa shape index (κ1) is 15.1. The second kappa shape index (κ2) is 5.98. The number of aromatic nitrogens is 2. The lowest BCUT2D eigenvalue weighted by molar-refractivity contribution is 0.355. The molecule has 0 aliphatic rings. The summed E-state index contributed by atoms with van der Waals surface area (Å²) >= 11 is 5.90. The molecule has 1 aromatic heterocycles. The van der Waals surface area contributed by atoms with E-state index in [2.05, 4.69) is 56.4 Å². The lowest BCUT2D eigenvalue weighted by Gasteiger charge is -2.18. The van der Waals surface area contributed by atoms with Crippen molar-refractivity contribution in [2.75, 3.05) is 0 Å². The third-order valence-electron chi connectivity index (χ3n) is 3.31. The minimum atomic E-state index is 0.0278. The molecule has 0 radical (unpaired) electrons. The summed E-state index contributed by atoms with van der Waals surface area (Å²) in [7, 11) is 0. The van der Waals surface area contributed by atoms with Gasteiger partial charge in [0.1, 0.15) is 0 Å². The number of hydrogen-bond donors (Lipinski definition) is 1. The van der Waals surface area contributed by atoms with Crippen LogP contribution in [0.3, 0.4) is 0 Å². The van der Waals surface area contributed by atoms with Crippen molar-refractivity contribution in [2.24, 2.45) is 0 Å². The summed E-state index contributed by atoms with van der Waals surface area (Å²) in [5.41, 5.74) is 2.46. The minimum absolute atomic E-state index is 0.0278. The average molecular weight is 292 g/mol. The Bertz CT molecular complexity index is 552. The highest BCUT2D eigenvalue weighted by molar-refractivity contribution is 6.30. The van der Waals surface area contributed by atoms with Crippen molar-refractivity contribution in [1.82, 2.24) is 15.1 Å². The smallest absolute Gasteiger partial charge is 0.0543 e. The molecule has 3 nitrogen and oxygen atoms in total. The Hall–Kier alpha value is -1.32. The maximum absolute atomic E-state index is 5.90. The van der Waals surface area contributed by atoms with E-state index in [9.17, 15) is 0 Å². The summed E-state index contributed by atoms with van der Waals surface area (Å²) in [5.74, 6) is 0. The summed E-state index contributed by atoms with van der Waals surface area (Å²) in [6.07, 6.45) is 4.02. The van der Waals surface area contributed by atoms with Crippen LogP contribution in [-0.2, 0) is 12.1 Å². The summed E-state index contributed by atoms with van der Waals surface area (Å²) < 4.78 is 2.00. The molecule has 0 saturated carbocycles. The van der Waals surface area contributed by atoms with Gasteiger partial charge in [0.25, 0.3) is 0 Å². The number of rotatable bonds is 4. The maximum Gasteiger partial charge on any atom is 0.0543 e. The Kier molecular flexibility index (Phi) is 4.51. The molecule has 1 atom stereocenters. The zero-order valence-electron chi connectivity index (χ0n) is 12.5. The fourth-order valence-electron chi connectivity index (χ4n) is 1.96. The molecule has 1 heterocycles. The molecule has 1 N–H and O–H groups in total. The zero-order chi connectivity index (χ0) is 14.8. The number of halogens is 1. The third kappa shape index (κ3) is 3.84. The van der Waals surface area contributed by atoms with E-state index >= 15 is 0 Å². The summed E-state index contributed by atoms with van der Waals surface area (Å²) in [6.45, 7) is 9.39. The van der Waals surface area contributed by atoms with Crippen LogP contribution in [0, 0.1) is 0 Å². The van der Waals surface area contributed by atoms with Gasteiger partial charge >= 0.3 is 0 Å². The van der Waals surface area contributed by atoms with Crippen molar-refractivity contribution in [1.29, 1.82) is 0 Å². The highest BCUT2D eigenvalue weighted by Gasteiger charge is 2.14. The van der Waals surface area contributed by atoms with Gasteiger partial charge in [-0.15, -0.1) is 0 Å². The molecule has 4 heteroatoms. The van der Waals surface area contributed by atoms with E-state index in [1.807, 2.05) is 23.0 Å². The van der Waals surface area contributed by atoms with Gasteiger partial charge in [0, 0.05) is 29.4 Å². The van der Waals surface area contributed by atoms with Gasteiger partial charge in [-0.3, -0.25) is 4.68 Å². The van der Waals surface area contributed by atoms with Gasteiger partial charge in [0.2, 0.25) is 0 Å². The van der Waals surface area contributed by atoms with E-state index in [-0.39, 0.29) is 11.6 Å². The topological polar surface area (TPSA) is 29.9 Å². The highest BCUT2D eigenvalue weighted by atomic mass is 35.5. The van der Waals surface area contributed by atoms with Gasteiger partial charge in [0.05, 0.1) is 11.7 Å². The molecule has 0 aliphatic carbocycles. The molecule has 2 rings (SSSR count). The van der Waals surface area contributed by atoms with Gasteiger partial charge in [-0.05, 0) is 45.4 Å². The van der Waals surface area contributed by atoms with Crippen LogP contribution in [0.15, 0.2) is 36.7 Å². The van der Waals surface area contributed by atoms with Crippen LogP contribution in [0.1, 0.15) is 44.9 Å². The van der Waals surface area contributed by atoms with Gasteiger partial charge in [-0.2, -0.15) is 5.10 Å². The summed E-state index contributed by atoms with van der Waals surface area (Å²) in [6, 6.07) is 8.24. The molecular weight excluding hydrogens is 270 g/mol. The fourth-order valence-corrected chi connectivity index (χ4v) is 2.08. The maximum atomic E-state index is 5.90. The number of nitrogens with one attached hydrogen (secondary N) is 1. The van der Waals surface area contributed by atoms with Crippen molar-refractivity contribution in [3.8, 4) is 0 Å². The summed E-state index contributed by atoms with van der Waals surface area (Å²) in [5, 5.41) is 8.68. The first-order valence-corrected chi connectivity index (χ1v) is 7.27. The lowest BCUT2D eigenvalue weighted by atomic mass is 10.1. The molecule has 0 aliphatic heterocycles. The van der Waals surface area contributed by atoms with Crippen LogP contribution in [-0.4, -0.2) is 9.78 Å². The Labute approximate surface area is 126 Å². The second-order valence-electron chi connectivity index (χ2n) is 6.12. The first-order valence-electron chi connectivity index (χ1n) is 6.89. The van der Waals surface area contributed by atoms with Crippen LogP contribution in [0.5, 0.6) is 0 Å². The van der Waals surface area contributed by atoms with Crippen LogP contribution >= 0.6 is 11.6 Å². The van der Waals surface area contributed by atoms with Crippen molar-refractivity contribution < 1.29 is 0 Å². The Balaban J connectivity index is 1.95. The Morgan fingerprint density at radius 1 is 1.25 bits per heavy atom. The van der Waals surface area contributed by atoms with Crippen molar-refractivity contribution in [2.45, 2.75) is 45.8 Å². The monoisotopic (exact) mass is 291 g/mol. The van der Waals surface area contributed by atoms with E-state index in [4.69, 9.17) is 11.6 Å². The summed E-state index contributed by atoms with van der Waals surface area (Å²) in [4.78, 5) is 0. The largest absolute Gasteiger partial charge is 0.306 e. The van der Waals surface area contributed by atoms with Crippen molar-refractivity contribution in [3.63, 3.8) is 0 Å². The van der Waals surface area contributed by atoms with E-state index in [1.165, 1.54) is 11.1 Å². The molecule has 1 aromatic carbocycles. The number of nitrogens with zero attached hydrogens (tertiary/aromatic N) is 2. The van der Waals surface area contributed by atoms with Crippen molar-refractivity contribution in [3.05, 3.63) is 52.8 Å². The van der Waals surface area contributed by atoms with Crippen molar-refractivity contribution >= 4 is 11.6 Å². The van der Waals surface area contributed by atoms with E-state index in [1.54, 1.807) is 0 Å². The predicted octanol–water partition coefficient (Wildman–Crippen LogP) is 4.14. The number of hydrogen-bond acceptors (Lipinski definition) is 2. The van der Waals surface area contributed by atoms with E-state index < -0.39 is 0 Å². The molecule has 0 spiro atoms. The van der Waals surface area contributed by atoms with Gasteiger partial charge in [-0.25, -0.2) is 0 Å². The molecule has 0 saturated heterocycles. The molecule has 2 aromatic rings. The second-order valence-corrected chi connectivity index (χ2v) is 6.55. The van der Waals surface area contributed by atoms with Gasteiger partial charge in [0.15, 0.2) is 0 Å². The average Bonchev–Trinajstić information content (AvgIpc) is 2.85. The molecule has 20 heavy (non-hydrogen) atoms. The predicted molar refractivity (Wildman–Crippen MR) is 83.9 cm³/mol. The standard InChI is InChI=1S/C16H22ClN3/c1-12(14-5-7-15(17)8-6-14)18-9-13-10-19-20(11-13)16(2,3)4/h5-8,10-12,18H,9H2,1-4H3. The van der Waals surface area contributed by atoms with Crippen LogP contribution in [0.25, 0.3) is 0 Å². The van der Waals surface area contributed by atoms with Crippen LogP contribution < -0.4 is 5.32 Å². The Morgan fingerprint density at radius 2 is 1.90 bits per heavy atom. The minimum Gasteiger partial charge on any atom is -0.306 e. The lowest BCUT2D eigenvalue weighted by Crippen LogP contribution is -2.22.